The number of aliphatic hydroxyl groups is 3. The fourth-order valence-electron chi connectivity index (χ4n) is 6.17. The van der Waals surface area contributed by atoms with Gasteiger partial charge in [0.25, 0.3) is 0 Å². The number of ketones is 1. The number of aliphatic hydroxyl groups excluding tert-OH is 3. The molecule has 0 spiro atoms. The van der Waals surface area contributed by atoms with Crippen molar-refractivity contribution in [3.8, 4) is 23.0 Å². The van der Waals surface area contributed by atoms with Gasteiger partial charge in [0.1, 0.15) is 11.5 Å². The zero-order valence-electron chi connectivity index (χ0n) is 30.0. The van der Waals surface area contributed by atoms with Crippen molar-refractivity contribution < 1.29 is 44.9 Å². The number of carbonyl (C=O) groups is 1. The van der Waals surface area contributed by atoms with E-state index >= 15 is 0 Å². The minimum absolute atomic E-state index is 0.0195. The number of hydrogen-bond donors (Lipinski definition) is 6. The Bertz CT molecular complexity index is 1610. The summed E-state index contributed by atoms with van der Waals surface area (Å²) in [5.74, 6) is -0.825. The molecule has 1 aliphatic carbocycles. The van der Waals surface area contributed by atoms with E-state index in [0.29, 0.717) is 30.4 Å². The van der Waals surface area contributed by atoms with Crippen molar-refractivity contribution >= 4 is 11.9 Å². The fraction of sp³-hybridized carbons (Fsp3) is 0.439. The van der Waals surface area contributed by atoms with Crippen LogP contribution in [0.4, 0.5) is 0 Å². The molecule has 7 atom stereocenters. The molecule has 1 aliphatic heterocycles. The van der Waals surface area contributed by atoms with Crippen molar-refractivity contribution in [3.63, 3.8) is 0 Å². The number of fused-ring (bicyclic) bond motifs is 1. The van der Waals surface area contributed by atoms with Gasteiger partial charge in [-0.1, -0.05) is 77.6 Å². The molecule has 272 valence electrons. The Morgan fingerprint density at radius 3 is 2.34 bits per heavy atom. The van der Waals surface area contributed by atoms with Gasteiger partial charge in [-0.15, -0.1) is 0 Å². The Morgan fingerprint density at radius 1 is 0.980 bits per heavy atom. The van der Waals surface area contributed by atoms with Gasteiger partial charge in [-0.2, -0.15) is 0 Å². The van der Waals surface area contributed by atoms with E-state index in [4.69, 9.17) is 14.6 Å². The highest BCUT2D eigenvalue weighted by atomic mass is 16.7. The third kappa shape index (κ3) is 10.4. The second-order valence-corrected chi connectivity index (χ2v) is 12.9. The number of allylic oxidation sites excluding steroid dienone is 2. The normalized spacial score (nSPS) is 23.4. The lowest BCUT2D eigenvalue weighted by Gasteiger charge is -2.36. The summed E-state index contributed by atoms with van der Waals surface area (Å²) in [6, 6.07) is 15.2. The Morgan fingerprint density at radius 2 is 1.70 bits per heavy atom. The summed E-state index contributed by atoms with van der Waals surface area (Å²) in [5, 5.41) is 60.7. The number of phenolic OH excluding ortho intramolecular Hbond substituents is 3. The fourth-order valence-corrected chi connectivity index (χ4v) is 6.17. The summed E-state index contributed by atoms with van der Waals surface area (Å²) in [4.78, 5) is 13.1. The molecule has 5 rings (SSSR count). The first-order valence-corrected chi connectivity index (χ1v) is 17.5. The van der Waals surface area contributed by atoms with Crippen molar-refractivity contribution in [2.75, 3.05) is 0 Å². The summed E-state index contributed by atoms with van der Waals surface area (Å²) < 4.78 is 11.7. The summed E-state index contributed by atoms with van der Waals surface area (Å²) in [6.07, 6.45) is 3.93. The summed E-state index contributed by atoms with van der Waals surface area (Å²) in [5.41, 5.74) is 3.59. The topological polar surface area (TPSA) is 157 Å². The second kappa shape index (κ2) is 18.6. The number of hydrogen-bond acceptors (Lipinski definition) is 9. The molecule has 1 saturated heterocycles. The van der Waals surface area contributed by atoms with Crippen LogP contribution in [0.25, 0.3) is 6.08 Å². The summed E-state index contributed by atoms with van der Waals surface area (Å²) >= 11 is 0. The van der Waals surface area contributed by atoms with Crippen LogP contribution in [-0.4, -0.2) is 61.0 Å². The Labute approximate surface area is 296 Å². The number of carbonyl (C=O) groups excluding carboxylic acids is 1. The molecule has 0 amide bonds. The van der Waals surface area contributed by atoms with Crippen LogP contribution >= 0.6 is 0 Å². The van der Waals surface area contributed by atoms with Crippen molar-refractivity contribution in [1.29, 1.82) is 0 Å². The van der Waals surface area contributed by atoms with Crippen LogP contribution in [0.2, 0.25) is 0 Å². The number of benzene rings is 3. The second-order valence-electron chi connectivity index (χ2n) is 12.9. The van der Waals surface area contributed by atoms with Gasteiger partial charge in [0.15, 0.2) is 17.3 Å². The average molecular weight is 691 g/mol. The molecule has 2 aliphatic rings. The lowest BCUT2D eigenvalue weighted by Crippen LogP contribution is -2.44. The lowest BCUT2D eigenvalue weighted by atomic mass is 9.77. The van der Waals surface area contributed by atoms with Gasteiger partial charge in [-0.25, -0.2) is 0 Å². The third-order valence-corrected chi connectivity index (χ3v) is 9.12. The maximum atomic E-state index is 13.1. The van der Waals surface area contributed by atoms with Crippen molar-refractivity contribution in [2.45, 2.75) is 110 Å². The molecule has 9 heteroatoms. The smallest absolute Gasteiger partial charge is 0.205 e. The lowest BCUT2D eigenvalue weighted by molar-refractivity contribution is -0.202. The Hall–Kier alpha value is -4.31. The zero-order chi connectivity index (χ0) is 37.1. The van der Waals surface area contributed by atoms with E-state index in [9.17, 15) is 30.3 Å². The summed E-state index contributed by atoms with van der Waals surface area (Å²) in [7, 11) is 0. The molecule has 0 aromatic heterocycles. The van der Waals surface area contributed by atoms with Gasteiger partial charge in [-0.3, -0.25) is 4.79 Å². The van der Waals surface area contributed by atoms with E-state index in [-0.39, 0.29) is 52.5 Å². The molecule has 6 unspecified atom stereocenters. The molecule has 50 heavy (non-hydrogen) atoms. The Balaban J connectivity index is 0.000000765. The van der Waals surface area contributed by atoms with E-state index in [0.717, 1.165) is 29.5 Å². The predicted molar refractivity (Wildman–Crippen MR) is 196 cm³/mol. The molecule has 6 N–H and O–H groups in total. The van der Waals surface area contributed by atoms with E-state index in [1.54, 1.807) is 49.4 Å². The van der Waals surface area contributed by atoms with Crippen LogP contribution in [-0.2, 0) is 22.4 Å². The largest absolute Gasteiger partial charge is 0.513 e. The van der Waals surface area contributed by atoms with E-state index in [1.807, 2.05) is 46.8 Å². The van der Waals surface area contributed by atoms with Gasteiger partial charge in [0.2, 0.25) is 6.29 Å². The first-order valence-electron chi connectivity index (χ1n) is 17.5. The average Bonchev–Trinajstić information content (AvgIpc) is 3.08. The van der Waals surface area contributed by atoms with Crippen LogP contribution in [0, 0.1) is 5.92 Å². The maximum absolute atomic E-state index is 13.1. The SMILES string of the molecule is C=C(O)CCC.CC.CC1CC(O)[C@@H](C)C(Oc2cc(/C=C/C(=O)C(C)c3ccc(C4Cc5cccc(O)c5CC4O)cc3O)ccc2O)O1. The first kappa shape index (κ1) is 40.1. The number of phenols is 3. The molecule has 0 radical (unpaired) electrons. The molecule has 1 heterocycles. The number of rotatable bonds is 9. The molecular formula is C41H54O9. The minimum Gasteiger partial charge on any atom is -0.513 e. The molecule has 3 aromatic carbocycles. The minimum atomic E-state index is -0.724. The Kier molecular flexibility index (Phi) is 14.9. The van der Waals surface area contributed by atoms with E-state index in [1.165, 1.54) is 12.1 Å². The third-order valence-electron chi connectivity index (χ3n) is 9.12. The van der Waals surface area contributed by atoms with Gasteiger partial charge in [-0.05, 0) is 78.8 Å². The van der Waals surface area contributed by atoms with E-state index in [2.05, 4.69) is 6.58 Å². The standard InChI is InChI=1S/C34H38O8.C5H10O.C2H6/c1-18-13-30(38)20(3)34(41-18)42-33-14-21(8-12-29(33)37)7-11-27(35)19(2)24-10-9-23(16-31(24)39)25-15-22-5-4-6-28(36)26(22)17-32(25)40;1-3-4-5(2)6;1-2/h4-12,14,16,18-20,25,30,32,34,36-40H,13,15,17H2,1-3H3;6H,2-4H2,1H3;1-2H3/b11-7+;;/t18?,19?,20-,25?,30?,32?,34?;;/m1../s1. The van der Waals surface area contributed by atoms with Gasteiger partial charge in [0, 0.05) is 36.2 Å². The van der Waals surface area contributed by atoms with Crippen LogP contribution in [0.1, 0.15) is 100 Å². The number of aromatic hydroxyl groups is 3. The zero-order valence-corrected chi connectivity index (χ0v) is 30.0. The number of ether oxygens (including phenoxy) is 2. The highest BCUT2D eigenvalue weighted by Gasteiger charge is 2.35. The first-order chi connectivity index (χ1) is 23.8. The van der Waals surface area contributed by atoms with Crippen LogP contribution in [0.3, 0.4) is 0 Å². The molecule has 0 saturated carbocycles. The van der Waals surface area contributed by atoms with Crippen molar-refractivity contribution in [3.05, 3.63) is 101 Å². The molecule has 3 aromatic rings. The predicted octanol–water partition coefficient (Wildman–Crippen LogP) is 7.83. The van der Waals surface area contributed by atoms with Crippen molar-refractivity contribution in [1.82, 2.24) is 0 Å². The summed E-state index contributed by atoms with van der Waals surface area (Å²) in [6.45, 7) is 14.7. The van der Waals surface area contributed by atoms with Crippen LogP contribution in [0.15, 0.2) is 73.0 Å². The molecule has 9 nitrogen and oxygen atoms in total. The van der Waals surface area contributed by atoms with Crippen molar-refractivity contribution in [2.24, 2.45) is 5.92 Å². The van der Waals surface area contributed by atoms with Gasteiger partial charge in [0.05, 0.1) is 24.1 Å². The highest BCUT2D eigenvalue weighted by Crippen LogP contribution is 2.39. The monoisotopic (exact) mass is 690 g/mol. The van der Waals surface area contributed by atoms with Crippen LogP contribution < -0.4 is 4.74 Å². The van der Waals surface area contributed by atoms with Gasteiger partial charge >= 0.3 is 0 Å². The van der Waals surface area contributed by atoms with Crippen LogP contribution in [0.5, 0.6) is 23.0 Å². The quantitative estimate of drug-likeness (QED) is 0.0973. The van der Waals surface area contributed by atoms with Gasteiger partial charge < -0.3 is 40.1 Å². The maximum Gasteiger partial charge on any atom is 0.205 e. The van der Waals surface area contributed by atoms with E-state index < -0.39 is 24.4 Å². The molecule has 1 fully saturated rings. The highest BCUT2D eigenvalue weighted by molar-refractivity contribution is 5.98. The molecule has 0 bridgehead atoms. The molecular weight excluding hydrogens is 636 g/mol.